The van der Waals surface area contributed by atoms with Crippen LogP contribution in [0.2, 0.25) is 4.34 Å². The fourth-order valence-corrected chi connectivity index (χ4v) is 3.41. The van der Waals surface area contributed by atoms with Crippen molar-refractivity contribution in [1.82, 2.24) is 4.90 Å². The van der Waals surface area contributed by atoms with Gasteiger partial charge in [-0.3, -0.25) is 14.4 Å². The first-order valence-corrected chi connectivity index (χ1v) is 8.64. The topological polar surface area (TPSA) is 78.5 Å². The number of anilines is 2. The van der Waals surface area contributed by atoms with Gasteiger partial charge in [-0.2, -0.15) is 0 Å². The van der Waals surface area contributed by atoms with Crippen LogP contribution in [0.3, 0.4) is 0 Å². The lowest BCUT2D eigenvalue weighted by atomic mass is 10.1. The van der Waals surface area contributed by atoms with Crippen molar-refractivity contribution in [3.63, 3.8) is 0 Å². The van der Waals surface area contributed by atoms with E-state index in [0.29, 0.717) is 27.8 Å². The molecule has 2 aromatic rings. The summed E-state index contributed by atoms with van der Waals surface area (Å²) in [4.78, 5) is 37.8. The van der Waals surface area contributed by atoms with E-state index >= 15 is 0 Å². The van der Waals surface area contributed by atoms with E-state index in [9.17, 15) is 14.4 Å². The minimum Gasteiger partial charge on any atom is -0.337 e. The van der Waals surface area contributed by atoms with Crippen LogP contribution in [0, 0.1) is 0 Å². The molecule has 3 amide bonds. The van der Waals surface area contributed by atoms with Crippen molar-refractivity contribution >= 4 is 52.0 Å². The van der Waals surface area contributed by atoms with Crippen molar-refractivity contribution in [2.45, 2.75) is 20.4 Å². The van der Waals surface area contributed by atoms with Gasteiger partial charge in [0.05, 0.1) is 10.9 Å². The van der Waals surface area contributed by atoms with E-state index in [1.807, 2.05) is 6.07 Å². The number of amides is 3. The molecule has 1 aromatic carbocycles. The second kappa shape index (κ2) is 8.13. The largest absolute Gasteiger partial charge is 0.337 e. The molecule has 0 fully saturated rings. The Bertz CT molecular complexity index is 785. The fourth-order valence-electron chi connectivity index (χ4n) is 2.26. The van der Waals surface area contributed by atoms with Crippen LogP contribution in [0.25, 0.3) is 0 Å². The molecule has 0 aliphatic heterocycles. The first-order valence-electron chi connectivity index (χ1n) is 7.44. The van der Waals surface area contributed by atoms with E-state index in [1.54, 1.807) is 36.2 Å². The highest BCUT2D eigenvalue weighted by Gasteiger charge is 2.15. The molecule has 2 rings (SSSR count). The second-order valence-corrected chi connectivity index (χ2v) is 7.33. The van der Waals surface area contributed by atoms with Gasteiger partial charge in [-0.1, -0.05) is 11.6 Å². The number of carbonyl (C=O) groups is 3. The summed E-state index contributed by atoms with van der Waals surface area (Å²) in [7, 11) is 1.68. The lowest BCUT2D eigenvalue weighted by Crippen LogP contribution is -2.26. The summed E-state index contributed by atoms with van der Waals surface area (Å²) in [5, 5.41) is 5.26. The highest BCUT2D eigenvalue weighted by Crippen LogP contribution is 2.24. The molecule has 0 radical (unpaired) electrons. The van der Waals surface area contributed by atoms with E-state index in [1.165, 1.54) is 25.2 Å². The predicted octanol–water partition coefficient (Wildman–Crippen LogP) is 3.59. The number of nitrogens with one attached hydrogen (secondary N) is 2. The molecule has 0 saturated carbocycles. The number of benzene rings is 1. The lowest BCUT2D eigenvalue weighted by molar-refractivity contribution is -0.115. The molecule has 0 bridgehead atoms. The zero-order valence-electron chi connectivity index (χ0n) is 14.1. The van der Waals surface area contributed by atoms with Crippen LogP contribution in [-0.4, -0.2) is 29.7 Å². The average molecular weight is 380 g/mol. The van der Waals surface area contributed by atoms with Crippen molar-refractivity contribution in [3.05, 3.63) is 45.1 Å². The minimum absolute atomic E-state index is 0.233. The first-order chi connectivity index (χ1) is 11.7. The molecule has 0 atom stereocenters. The Kier molecular flexibility index (Phi) is 6.17. The molecule has 132 valence electrons. The number of hydrogen-bond donors (Lipinski definition) is 2. The molecule has 0 spiro atoms. The van der Waals surface area contributed by atoms with Crippen molar-refractivity contribution in [2.75, 3.05) is 17.7 Å². The Labute approximate surface area is 154 Å². The molecule has 1 heterocycles. The van der Waals surface area contributed by atoms with Gasteiger partial charge in [-0.25, -0.2) is 0 Å². The van der Waals surface area contributed by atoms with E-state index < -0.39 is 0 Å². The van der Waals surface area contributed by atoms with Gasteiger partial charge in [0.25, 0.3) is 5.91 Å². The second-order valence-electron chi connectivity index (χ2n) is 5.53. The number of carbonyl (C=O) groups excluding carboxylic acids is 3. The van der Waals surface area contributed by atoms with Crippen molar-refractivity contribution in [2.24, 2.45) is 0 Å². The van der Waals surface area contributed by atoms with Crippen LogP contribution >= 0.6 is 22.9 Å². The number of thiophene rings is 1. The van der Waals surface area contributed by atoms with Gasteiger partial charge in [0.15, 0.2) is 0 Å². The van der Waals surface area contributed by atoms with Gasteiger partial charge in [0.2, 0.25) is 11.8 Å². The zero-order chi connectivity index (χ0) is 18.6. The molecular formula is C17H18ClN3O3S. The Morgan fingerprint density at radius 2 is 1.60 bits per heavy atom. The van der Waals surface area contributed by atoms with Gasteiger partial charge in [0, 0.05) is 42.7 Å². The smallest absolute Gasteiger partial charge is 0.254 e. The van der Waals surface area contributed by atoms with Gasteiger partial charge in [0.1, 0.15) is 0 Å². The maximum absolute atomic E-state index is 12.7. The van der Waals surface area contributed by atoms with E-state index in [-0.39, 0.29) is 17.7 Å². The molecule has 0 unspecified atom stereocenters. The highest BCUT2D eigenvalue weighted by molar-refractivity contribution is 7.16. The lowest BCUT2D eigenvalue weighted by Gasteiger charge is -2.18. The Balaban J connectivity index is 2.26. The fraction of sp³-hybridized carbons (Fsp3) is 0.235. The number of rotatable bonds is 5. The van der Waals surface area contributed by atoms with Gasteiger partial charge in [-0.15, -0.1) is 11.3 Å². The van der Waals surface area contributed by atoms with Crippen LogP contribution in [0.15, 0.2) is 30.3 Å². The molecule has 25 heavy (non-hydrogen) atoms. The third-order valence-corrected chi connectivity index (χ3v) is 4.41. The predicted molar refractivity (Wildman–Crippen MR) is 100 cm³/mol. The molecule has 0 aliphatic carbocycles. The molecular weight excluding hydrogens is 362 g/mol. The van der Waals surface area contributed by atoms with E-state index in [0.717, 1.165) is 4.88 Å². The summed E-state index contributed by atoms with van der Waals surface area (Å²) in [5.41, 5.74) is 1.24. The standard InChI is InChI=1S/C17H18ClN3O3S/c1-10(22)19-13-6-12(7-14(8-13)20-11(2)23)17(24)21(3)9-15-4-5-16(18)25-15/h4-8H,9H2,1-3H3,(H,19,22)(H,20,23). The third kappa shape index (κ3) is 5.58. The van der Waals surface area contributed by atoms with E-state index in [2.05, 4.69) is 10.6 Å². The highest BCUT2D eigenvalue weighted by atomic mass is 35.5. The van der Waals surface area contributed by atoms with Crippen molar-refractivity contribution < 1.29 is 14.4 Å². The summed E-state index contributed by atoms with van der Waals surface area (Å²) >= 11 is 7.32. The van der Waals surface area contributed by atoms with E-state index in [4.69, 9.17) is 11.6 Å². The summed E-state index contributed by atoms with van der Waals surface area (Å²) in [6.07, 6.45) is 0. The van der Waals surface area contributed by atoms with Crippen molar-refractivity contribution in [3.8, 4) is 0 Å². The number of nitrogens with zero attached hydrogens (tertiary/aromatic N) is 1. The zero-order valence-corrected chi connectivity index (χ0v) is 15.6. The van der Waals surface area contributed by atoms with Crippen LogP contribution in [0.4, 0.5) is 11.4 Å². The van der Waals surface area contributed by atoms with Crippen LogP contribution in [0.5, 0.6) is 0 Å². The quantitative estimate of drug-likeness (QED) is 0.833. The molecule has 2 N–H and O–H groups in total. The number of hydrogen-bond acceptors (Lipinski definition) is 4. The van der Waals surface area contributed by atoms with Crippen LogP contribution in [0.1, 0.15) is 29.1 Å². The SMILES string of the molecule is CC(=O)Nc1cc(NC(C)=O)cc(C(=O)N(C)Cc2ccc(Cl)s2)c1. The van der Waals surface area contributed by atoms with Crippen molar-refractivity contribution in [1.29, 1.82) is 0 Å². The first kappa shape index (κ1) is 19.0. The molecule has 0 aliphatic rings. The Morgan fingerprint density at radius 1 is 1.04 bits per heavy atom. The number of halogens is 1. The summed E-state index contributed by atoms with van der Waals surface area (Å²) in [6, 6.07) is 8.40. The monoisotopic (exact) mass is 379 g/mol. The normalized spacial score (nSPS) is 10.2. The summed E-state index contributed by atoms with van der Waals surface area (Å²) in [5.74, 6) is -0.761. The van der Waals surface area contributed by atoms with Gasteiger partial charge >= 0.3 is 0 Å². The maximum atomic E-state index is 12.7. The van der Waals surface area contributed by atoms with Gasteiger partial charge in [-0.05, 0) is 30.3 Å². The third-order valence-electron chi connectivity index (χ3n) is 3.19. The molecule has 1 aromatic heterocycles. The average Bonchev–Trinajstić information content (AvgIpc) is 2.89. The molecule has 0 saturated heterocycles. The Hall–Kier alpha value is -2.38. The minimum atomic E-state index is -0.264. The Morgan fingerprint density at radius 3 is 2.04 bits per heavy atom. The van der Waals surface area contributed by atoms with Crippen LogP contribution < -0.4 is 10.6 Å². The summed E-state index contributed by atoms with van der Waals surface area (Å²) < 4.78 is 0.663. The van der Waals surface area contributed by atoms with Crippen LogP contribution in [-0.2, 0) is 16.1 Å². The molecule has 8 heteroatoms. The molecule has 6 nitrogen and oxygen atoms in total. The summed E-state index contributed by atoms with van der Waals surface area (Å²) in [6.45, 7) is 3.16. The van der Waals surface area contributed by atoms with Gasteiger partial charge < -0.3 is 15.5 Å². The maximum Gasteiger partial charge on any atom is 0.254 e.